The summed E-state index contributed by atoms with van der Waals surface area (Å²) in [6.07, 6.45) is 15.3. The van der Waals surface area contributed by atoms with Crippen molar-refractivity contribution in [2.24, 2.45) is 17.8 Å². The van der Waals surface area contributed by atoms with Crippen LogP contribution in [0.2, 0.25) is 0 Å². The van der Waals surface area contributed by atoms with Gasteiger partial charge in [-0.1, -0.05) is 51.3 Å². The Kier molecular flexibility index (Phi) is 6.93. The van der Waals surface area contributed by atoms with Crippen molar-refractivity contribution in [3.63, 3.8) is 0 Å². The van der Waals surface area contributed by atoms with Crippen LogP contribution >= 0.6 is 0 Å². The van der Waals surface area contributed by atoms with Gasteiger partial charge in [0.1, 0.15) is 5.75 Å². The number of carbonyl (C=O) groups excluding carboxylic acids is 1. The Morgan fingerprint density at radius 1 is 1.00 bits per heavy atom. The highest BCUT2D eigenvalue weighted by atomic mass is 16.5. The van der Waals surface area contributed by atoms with Crippen LogP contribution < -0.4 is 4.74 Å². The highest BCUT2D eigenvalue weighted by Gasteiger charge is 2.31. The number of rotatable bonds is 6. The van der Waals surface area contributed by atoms with Gasteiger partial charge in [-0.3, -0.25) is 0 Å². The van der Waals surface area contributed by atoms with Gasteiger partial charge in [0, 0.05) is 6.08 Å². The van der Waals surface area contributed by atoms with Gasteiger partial charge in [0.05, 0.1) is 0 Å². The van der Waals surface area contributed by atoms with Gasteiger partial charge < -0.3 is 4.74 Å². The van der Waals surface area contributed by atoms with Crippen molar-refractivity contribution in [1.29, 1.82) is 0 Å². The molecule has 1 aromatic carbocycles. The number of ether oxygens (including phenoxy) is 1. The normalized spacial score (nSPS) is 29.1. The summed E-state index contributed by atoms with van der Waals surface area (Å²) in [5, 5.41) is 0. The van der Waals surface area contributed by atoms with Gasteiger partial charge in [0.25, 0.3) is 0 Å². The van der Waals surface area contributed by atoms with E-state index in [1.165, 1.54) is 75.8 Å². The fourth-order valence-corrected chi connectivity index (χ4v) is 5.25. The van der Waals surface area contributed by atoms with E-state index in [4.69, 9.17) is 4.74 Å². The Morgan fingerprint density at radius 3 is 2.12 bits per heavy atom. The van der Waals surface area contributed by atoms with Gasteiger partial charge in [-0.25, -0.2) is 4.79 Å². The van der Waals surface area contributed by atoms with Gasteiger partial charge in [-0.15, -0.1) is 0 Å². The molecule has 2 fully saturated rings. The lowest BCUT2D eigenvalue weighted by Gasteiger charge is -2.38. The second-order valence-corrected chi connectivity index (χ2v) is 8.38. The monoisotopic (exact) mass is 354 g/mol. The third kappa shape index (κ3) is 4.99. The average Bonchev–Trinajstić information content (AvgIpc) is 2.69. The first-order valence-corrected chi connectivity index (χ1v) is 10.6. The molecule has 0 radical (unpaired) electrons. The molecule has 0 aliphatic heterocycles. The second kappa shape index (κ2) is 9.39. The summed E-state index contributed by atoms with van der Waals surface area (Å²) in [4.78, 5) is 11.3. The Labute approximate surface area is 159 Å². The number of hydrogen-bond acceptors (Lipinski definition) is 2. The van der Waals surface area contributed by atoms with E-state index in [1.807, 2.05) is 12.1 Å². The van der Waals surface area contributed by atoms with E-state index in [0.29, 0.717) is 11.7 Å². The molecule has 0 N–H and O–H groups in total. The zero-order chi connectivity index (χ0) is 18.4. The highest BCUT2D eigenvalue weighted by molar-refractivity contribution is 5.83. The third-order valence-corrected chi connectivity index (χ3v) is 6.76. The maximum absolute atomic E-state index is 11.3. The van der Waals surface area contributed by atoms with Gasteiger partial charge in [0.15, 0.2) is 0 Å². The summed E-state index contributed by atoms with van der Waals surface area (Å²) in [5.41, 5.74) is 1.40. The SMILES string of the molecule is C=CC(=O)Oc1ccc(C2CCC(C3CCC(CCC)CC3)CC2)cc1. The molecule has 142 valence electrons. The van der Waals surface area contributed by atoms with E-state index in [0.717, 1.165) is 17.8 Å². The number of benzene rings is 1. The molecule has 0 saturated heterocycles. The van der Waals surface area contributed by atoms with Crippen LogP contribution in [0.5, 0.6) is 5.75 Å². The maximum Gasteiger partial charge on any atom is 0.335 e. The van der Waals surface area contributed by atoms with Gasteiger partial charge in [0.2, 0.25) is 0 Å². The highest BCUT2D eigenvalue weighted by Crippen LogP contribution is 2.44. The lowest BCUT2D eigenvalue weighted by molar-refractivity contribution is -0.128. The van der Waals surface area contributed by atoms with Gasteiger partial charge >= 0.3 is 5.97 Å². The molecule has 2 saturated carbocycles. The minimum absolute atomic E-state index is 0.396. The summed E-state index contributed by atoms with van der Waals surface area (Å²) in [6, 6.07) is 8.09. The van der Waals surface area contributed by atoms with E-state index in [-0.39, 0.29) is 0 Å². The Balaban J connectivity index is 1.46. The van der Waals surface area contributed by atoms with Crippen molar-refractivity contribution in [2.45, 2.75) is 77.0 Å². The van der Waals surface area contributed by atoms with Crippen molar-refractivity contribution in [1.82, 2.24) is 0 Å². The van der Waals surface area contributed by atoms with Crippen LogP contribution in [0.15, 0.2) is 36.9 Å². The molecule has 0 amide bonds. The first kappa shape index (κ1) is 19.2. The smallest absolute Gasteiger partial charge is 0.335 e. The lowest BCUT2D eigenvalue weighted by atomic mass is 9.68. The molecule has 0 atom stereocenters. The van der Waals surface area contributed by atoms with Crippen LogP contribution in [0, 0.1) is 17.8 Å². The summed E-state index contributed by atoms with van der Waals surface area (Å²) < 4.78 is 5.17. The minimum Gasteiger partial charge on any atom is -0.423 e. The summed E-state index contributed by atoms with van der Waals surface area (Å²) >= 11 is 0. The molecule has 0 spiro atoms. The standard InChI is InChI=1S/C24H34O2/c1-3-5-18-6-8-19(9-7-18)20-10-12-21(13-11-20)22-14-16-23(17-15-22)26-24(25)4-2/h4,14-21H,2-3,5-13H2,1H3. The summed E-state index contributed by atoms with van der Waals surface area (Å²) in [7, 11) is 0. The quantitative estimate of drug-likeness (QED) is 0.324. The molecule has 1 aromatic rings. The zero-order valence-corrected chi connectivity index (χ0v) is 16.3. The molecular weight excluding hydrogens is 320 g/mol. The van der Waals surface area contributed by atoms with Crippen molar-refractivity contribution in [3.05, 3.63) is 42.5 Å². The molecule has 2 aliphatic carbocycles. The number of hydrogen-bond donors (Lipinski definition) is 0. The lowest BCUT2D eigenvalue weighted by Crippen LogP contribution is -2.25. The van der Waals surface area contributed by atoms with Crippen LogP contribution in [-0.4, -0.2) is 5.97 Å². The molecule has 0 aromatic heterocycles. The topological polar surface area (TPSA) is 26.3 Å². The molecule has 2 aliphatic rings. The molecule has 2 nitrogen and oxygen atoms in total. The van der Waals surface area contributed by atoms with Crippen molar-refractivity contribution < 1.29 is 9.53 Å². The van der Waals surface area contributed by atoms with Crippen molar-refractivity contribution in [3.8, 4) is 5.75 Å². The Hall–Kier alpha value is -1.57. The molecule has 0 heterocycles. The summed E-state index contributed by atoms with van der Waals surface area (Å²) in [5.74, 6) is 3.85. The van der Waals surface area contributed by atoms with Crippen LogP contribution in [0.3, 0.4) is 0 Å². The zero-order valence-electron chi connectivity index (χ0n) is 16.3. The molecular formula is C24H34O2. The van der Waals surface area contributed by atoms with E-state index in [2.05, 4.69) is 25.6 Å². The van der Waals surface area contributed by atoms with Crippen molar-refractivity contribution in [2.75, 3.05) is 0 Å². The predicted octanol–water partition coefficient (Wildman–Crippen LogP) is 6.66. The van der Waals surface area contributed by atoms with E-state index >= 15 is 0 Å². The molecule has 3 rings (SSSR count). The van der Waals surface area contributed by atoms with E-state index < -0.39 is 5.97 Å². The number of carbonyl (C=O) groups is 1. The molecule has 0 bridgehead atoms. The Morgan fingerprint density at radius 2 is 1.58 bits per heavy atom. The van der Waals surface area contributed by atoms with E-state index in [1.54, 1.807) is 0 Å². The minimum atomic E-state index is -0.396. The predicted molar refractivity (Wildman–Crippen MR) is 107 cm³/mol. The van der Waals surface area contributed by atoms with Crippen LogP contribution in [-0.2, 0) is 4.79 Å². The van der Waals surface area contributed by atoms with Crippen LogP contribution in [0.1, 0.15) is 82.6 Å². The molecule has 26 heavy (non-hydrogen) atoms. The maximum atomic E-state index is 11.3. The fraction of sp³-hybridized carbons (Fsp3) is 0.625. The first-order valence-electron chi connectivity index (χ1n) is 10.6. The fourth-order valence-electron chi connectivity index (χ4n) is 5.25. The molecule has 2 heteroatoms. The summed E-state index contributed by atoms with van der Waals surface area (Å²) in [6.45, 7) is 5.75. The van der Waals surface area contributed by atoms with Crippen molar-refractivity contribution >= 4 is 5.97 Å². The van der Waals surface area contributed by atoms with Gasteiger partial charge in [-0.05, 0) is 79.9 Å². The van der Waals surface area contributed by atoms with Gasteiger partial charge in [-0.2, -0.15) is 0 Å². The third-order valence-electron chi connectivity index (χ3n) is 6.76. The van der Waals surface area contributed by atoms with E-state index in [9.17, 15) is 4.79 Å². The first-order chi connectivity index (χ1) is 12.7. The largest absolute Gasteiger partial charge is 0.423 e. The molecule has 0 unspecified atom stereocenters. The second-order valence-electron chi connectivity index (χ2n) is 8.38. The van der Waals surface area contributed by atoms with Crippen LogP contribution in [0.25, 0.3) is 0 Å². The average molecular weight is 355 g/mol. The number of esters is 1. The Bertz CT molecular complexity index is 573. The van der Waals surface area contributed by atoms with Crippen LogP contribution in [0.4, 0.5) is 0 Å².